The van der Waals surface area contributed by atoms with Gasteiger partial charge in [0.2, 0.25) is 0 Å². The van der Waals surface area contributed by atoms with Crippen molar-refractivity contribution in [2.75, 3.05) is 0 Å². The number of aromatic nitrogens is 6. The molecule has 8 N–H and O–H groups in total. The monoisotopic (exact) mass is 878 g/mol. The van der Waals surface area contributed by atoms with E-state index >= 15 is 0 Å². The van der Waals surface area contributed by atoms with Gasteiger partial charge in [0.1, 0.15) is 0 Å². The number of rotatable bonds is 0. The summed E-state index contributed by atoms with van der Waals surface area (Å²) in [6.45, 7) is 0. The maximum atomic E-state index is 8.25. The van der Waals surface area contributed by atoms with Gasteiger partial charge in [-0.05, 0) is 25.7 Å². The first-order valence-electron chi connectivity index (χ1n) is 10.2. The number of nitrogens with two attached hydrogens (primary N) is 4. The van der Waals surface area contributed by atoms with Crippen LogP contribution >= 0.6 is 0 Å². The molecule has 0 spiro atoms. The van der Waals surface area contributed by atoms with E-state index in [-0.39, 0.29) is 66.3 Å². The molecule has 4 atom stereocenters. The minimum atomic E-state index is -1.75. The van der Waals surface area contributed by atoms with E-state index in [0.717, 1.165) is 25.7 Å². The van der Waals surface area contributed by atoms with Crippen LogP contribution in [0.15, 0.2) is 24.8 Å². The Balaban J connectivity index is -0.000000173. The van der Waals surface area contributed by atoms with Crippen LogP contribution in [0, 0.1) is 30.6 Å². The molecule has 2 aliphatic carbocycles. The zero-order chi connectivity index (χ0) is 26.2. The first-order valence-corrected chi connectivity index (χ1v) is 10.2. The molecule has 0 saturated heterocycles. The summed E-state index contributed by atoms with van der Waals surface area (Å²) in [7, 11) is 0. The van der Waals surface area contributed by atoms with Crippen molar-refractivity contribution in [1.82, 2.24) is 30.8 Å². The van der Waals surface area contributed by atoms with Gasteiger partial charge in [-0.3, -0.25) is 10.4 Å². The molecule has 0 bridgehead atoms. The normalized spacial score (nSPS) is 21.2. The molecule has 2 aromatic rings. The molecule has 0 radical (unpaired) electrons. The van der Waals surface area contributed by atoms with Crippen molar-refractivity contribution >= 4 is 0 Å². The van der Waals surface area contributed by atoms with Crippen molar-refractivity contribution in [1.29, 1.82) is 0 Å². The summed E-state index contributed by atoms with van der Waals surface area (Å²) in [5, 5.41) is 49.4. The summed E-state index contributed by atoms with van der Waals surface area (Å²) < 4.78 is 0. The molecule has 4 rings (SSSR count). The quantitative estimate of drug-likeness (QED) is 0.179. The van der Waals surface area contributed by atoms with E-state index in [0.29, 0.717) is 0 Å². The van der Waals surface area contributed by atoms with Gasteiger partial charge in [-0.25, -0.2) is 0 Å². The van der Waals surface area contributed by atoms with Crippen LogP contribution in [-0.4, -0.2) is 55.0 Å². The number of hydrogen-bond donors (Lipinski definition) is 4. The number of nitrogens with zero attached hydrogens (tertiary/aromatic N) is 8. The van der Waals surface area contributed by atoms with Gasteiger partial charge < -0.3 is 74.0 Å². The van der Waals surface area contributed by atoms with Crippen molar-refractivity contribution in [2.45, 2.75) is 75.5 Å². The minimum absolute atomic E-state index is 0. The van der Waals surface area contributed by atoms with Gasteiger partial charge in [0, 0.05) is 24.2 Å². The largest absolute Gasteiger partial charge is 4.00 e. The van der Waals surface area contributed by atoms with Gasteiger partial charge in [-0.1, -0.05) is 50.5 Å². The number of hydrogen-bond acceptors (Lipinski definition) is 14. The van der Waals surface area contributed by atoms with E-state index < -0.39 is 10.2 Å². The fourth-order valence-electron chi connectivity index (χ4n) is 2.67. The second-order valence-electron chi connectivity index (χ2n) is 6.91. The predicted octanol–water partition coefficient (Wildman–Crippen LogP) is -1.19. The third kappa shape index (κ3) is 34.1. The van der Waals surface area contributed by atoms with Crippen LogP contribution in [0.2, 0.25) is 0 Å². The standard InChI is InChI=1S/2C6H14N2.2C2H2N3.2NO3.2Pt/c2*7-5-3-1-2-4-6(5)8;2*1-2-4-5-3-1;2*2-1(3)4;;/h2*5-6H,1-4,7-8H2;2*1-2H;;;;/q;;4*-1;2*+4/t2*5-,6-;;;;;;/m10....../s1. The third-order valence-electron chi connectivity index (χ3n) is 4.36. The fraction of sp³-hybridized carbons (Fsp3) is 0.750. The van der Waals surface area contributed by atoms with Crippen LogP contribution in [0.5, 0.6) is 0 Å². The van der Waals surface area contributed by atoms with Crippen molar-refractivity contribution in [2.24, 2.45) is 22.9 Å². The first-order chi connectivity index (χ1) is 16.1. The molecular formula is C16H32N12O6Pt2+4. The third-order valence-corrected chi connectivity index (χ3v) is 4.36. The van der Waals surface area contributed by atoms with Gasteiger partial charge in [0.05, 0.1) is 10.2 Å². The summed E-state index contributed by atoms with van der Waals surface area (Å²) in [5.41, 5.74) is 22.6. The van der Waals surface area contributed by atoms with Gasteiger partial charge in [-0.15, -0.1) is 0 Å². The SMILES string of the molecule is N[C@@H]1CCCC[C@H]1N.N[C@H]1CCCC[C@@H]1N.O=[N+]([O-])[O-].O=[N+]([O-])[O-].[Pt+4].[Pt+4].c1c[n-]nn1.c1c[n-]nn1. The molecule has 2 aliphatic rings. The second kappa shape index (κ2) is 29.1. The van der Waals surface area contributed by atoms with Crippen molar-refractivity contribution < 1.29 is 52.3 Å². The molecule has 18 nitrogen and oxygen atoms in total. The Morgan fingerprint density at radius 2 is 0.833 bits per heavy atom. The van der Waals surface area contributed by atoms with E-state index in [1.54, 1.807) is 0 Å². The van der Waals surface area contributed by atoms with Crippen molar-refractivity contribution in [3.63, 3.8) is 0 Å². The summed E-state index contributed by atoms with van der Waals surface area (Å²) in [4.78, 5) is 16.5. The molecule has 2 saturated carbocycles. The van der Waals surface area contributed by atoms with Crippen molar-refractivity contribution in [3.05, 3.63) is 55.4 Å². The van der Waals surface area contributed by atoms with Gasteiger partial charge in [0.15, 0.2) is 0 Å². The molecule has 0 unspecified atom stereocenters. The average molecular weight is 879 g/mol. The predicted molar refractivity (Wildman–Crippen MR) is 120 cm³/mol. The molecule has 208 valence electrons. The fourth-order valence-corrected chi connectivity index (χ4v) is 2.67. The summed E-state index contributed by atoms with van der Waals surface area (Å²) >= 11 is 0. The molecule has 0 aliphatic heterocycles. The summed E-state index contributed by atoms with van der Waals surface area (Å²) in [6.07, 6.45) is 15.7. The van der Waals surface area contributed by atoms with E-state index in [1.807, 2.05) is 0 Å². The van der Waals surface area contributed by atoms with Crippen LogP contribution in [0.4, 0.5) is 0 Å². The maximum Gasteiger partial charge on any atom is 4.00 e. The van der Waals surface area contributed by atoms with E-state index in [1.165, 1.54) is 50.5 Å². The molecule has 0 amide bonds. The van der Waals surface area contributed by atoms with Gasteiger partial charge in [0.25, 0.3) is 0 Å². The summed E-state index contributed by atoms with van der Waals surface area (Å²) in [5.74, 6) is 0. The topological polar surface area (TPSA) is 316 Å². The Hall–Kier alpha value is -2.10. The van der Waals surface area contributed by atoms with Crippen LogP contribution in [0.25, 0.3) is 0 Å². The van der Waals surface area contributed by atoms with Gasteiger partial charge >= 0.3 is 42.1 Å². The smallest absolute Gasteiger partial charge is 0.359 e. The molecule has 0 aromatic carbocycles. The van der Waals surface area contributed by atoms with Crippen molar-refractivity contribution in [3.8, 4) is 0 Å². The summed E-state index contributed by atoms with van der Waals surface area (Å²) in [6, 6.07) is 1.12. The van der Waals surface area contributed by atoms with Gasteiger partial charge in [-0.2, -0.15) is 0 Å². The molecule has 2 aromatic heterocycles. The Bertz CT molecular complexity index is 569. The Kier molecular flexibility index (Phi) is 33.2. The first kappa shape index (κ1) is 41.0. The molecule has 2 fully saturated rings. The zero-order valence-electron chi connectivity index (χ0n) is 19.2. The molecule has 20 heteroatoms. The second-order valence-corrected chi connectivity index (χ2v) is 6.91. The van der Waals surface area contributed by atoms with Crippen LogP contribution in [0.3, 0.4) is 0 Å². The Morgan fingerprint density at radius 1 is 0.611 bits per heavy atom. The van der Waals surface area contributed by atoms with Crippen LogP contribution < -0.4 is 33.1 Å². The van der Waals surface area contributed by atoms with Crippen LogP contribution in [0.1, 0.15) is 51.4 Å². The molecule has 36 heavy (non-hydrogen) atoms. The average Bonchev–Trinajstić information content (AvgIpc) is 3.51. The Morgan fingerprint density at radius 3 is 0.917 bits per heavy atom. The van der Waals surface area contributed by atoms with E-state index in [2.05, 4.69) is 30.8 Å². The van der Waals surface area contributed by atoms with E-state index in [4.69, 9.17) is 53.6 Å². The molecular weight excluding hydrogens is 846 g/mol. The maximum absolute atomic E-state index is 8.25. The van der Waals surface area contributed by atoms with Crippen LogP contribution in [-0.2, 0) is 42.1 Å². The Labute approximate surface area is 236 Å². The minimum Gasteiger partial charge on any atom is -0.359 e. The van der Waals surface area contributed by atoms with E-state index in [9.17, 15) is 0 Å². The zero-order valence-corrected chi connectivity index (χ0v) is 23.8. The molecule has 2 heterocycles.